The normalized spacial score (nSPS) is 20.6. The SMILES string of the molecule is CC(=O)N[C@H]1[C@H](OCCCCC(=O)O)O[C@H](COC(=O)c2ccccc2)[C@H](OC(=O)c2ccccc2)[C@@H]1OC(=O)c1ccccc1. The van der Waals surface area contributed by atoms with Crippen molar-refractivity contribution in [2.45, 2.75) is 56.8 Å². The van der Waals surface area contributed by atoms with Crippen molar-refractivity contribution in [3.63, 3.8) is 0 Å². The van der Waals surface area contributed by atoms with E-state index in [0.717, 1.165) is 0 Å². The summed E-state index contributed by atoms with van der Waals surface area (Å²) in [4.78, 5) is 62.9. The Hall–Kier alpha value is -5.07. The second-order valence-electron chi connectivity index (χ2n) is 10.4. The molecule has 4 rings (SSSR count). The number of amides is 1. The molecule has 0 bridgehead atoms. The maximum Gasteiger partial charge on any atom is 0.338 e. The van der Waals surface area contributed by atoms with Crippen molar-refractivity contribution >= 4 is 29.8 Å². The van der Waals surface area contributed by atoms with Gasteiger partial charge in [-0.1, -0.05) is 54.6 Å². The minimum Gasteiger partial charge on any atom is -0.481 e. The molecule has 12 heteroatoms. The first-order valence-electron chi connectivity index (χ1n) is 14.7. The minimum absolute atomic E-state index is 0.0262. The van der Waals surface area contributed by atoms with Crippen LogP contribution in [0.4, 0.5) is 0 Å². The summed E-state index contributed by atoms with van der Waals surface area (Å²) < 4.78 is 29.5. The number of carbonyl (C=O) groups excluding carboxylic acids is 4. The molecule has 46 heavy (non-hydrogen) atoms. The smallest absolute Gasteiger partial charge is 0.338 e. The summed E-state index contributed by atoms with van der Waals surface area (Å²) in [5.74, 6) is -3.70. The summed E-state index contributed by atoms with van der Waals surface area (Å²) in [5.41, 5.74) is 0.663. The molecule has 0 aliphatic carbocycles. The van der Waals surface area contributed by atoms with Gasteiger partial charge in [-0.2, -0.15) is 0 Å². The van der Waals surface area contributed by atoms with E-state index >= 15 is 0 Å². The third-order valence-electron chi connectivity index (χ3n) is 6.98. The number of aliphatic carboxylic acids is 1. The zero-order valence-electron chi connectivity index (χ0n) is 25.1. The van der Waals surface area contributed by atoms with Crippen molar-refractivity contribution < 1.29 is 52.8 Å². The van der Waals surface area contributed by atoms with Gasteiger partial charge in [-0.15, -0.1) is 0 Å². The first-order valence-corrected chi connectivity index (χ1v) is 14.7. The van der Waals surface area contributed by atoms with Gasteiger partial charge in [-0.25, -0.2) is 14.4 Å². The monoisotopic (exact) mass is 633 g/mol. The van der Waals surface area contributed by atoms with Crippen LogP contribution in [-0.4, -0.2) is 78.7 Å². The third-order valence-corrected chi connectivity index (χ3v) is 6.98. The molecule has 0 unspecified atom stereocenters. The highest BCUT2D eigenvalue weighted by Crippen LogP contribution is 2.29. The molecular weight excluding hydrogens is 598 g/mol. The van der Waals surface area contributed by atoms with E-state index in [9.17, 15) is 24.0 Å². The van der Waals surface area contributed by atoms with Gasteiger partial charge in [-0.05, 0) is 49.2 Å². The fraction of sp³-hybridized carbons (Fsp3) is 0.324. The van der Waals surface area contributed by atoms with Gasteiger partial charge in [-0.3, -0.25) is 9.59 Å². The molecule has 0 radical (unpaired) electrons. The average molecular weight is 634 g/mol. The Balaban J connectivity index is 1.68. The predicted molar refractivity (Wildman–Crippen MR) is 162 cm³/mol. The van der Waals surface area contributed by atoms with E-state index in [-0.39, 0.29) is 29.7 Å². The first-order chi connectivity index (χ1) is 22.2. The fourth-order valence-corrected chi connectivity index (χ4v) is 4.78. The summed E-state index contributed by atoms with van der Waals surface area (Å²) in [5, 5.41) is 11.7. The summed E-state index contributed by atoms with van der Waals surface area (Å²) in [7, 11) is 0. The van der Waals surface area contributed by atoms with Crippen LogP contribution < -0.4 is 5.32 Å². The summed E-state index contributed by atoms with van der Waals surface area (Å²) >= 11 is 0. The van der Waals surface area contributed by atoms with E-state index < -0.39 is 67.0 Å². The highest BCUT2D eigenvalue weighted by atomic mass is 16.7. The molecule has 242 valence electrons. The minimum atomic E-state index is -1.38. The molecule has 0 spiro atoms. The van der Waals surface area contributed by atoms with Gasteiger partial charge in [0.15, 0.2) is 18.5 Å². The van der Waals surface area contributed by atoms with Crippen LogP contribution in [0.25, 0.3) is 0 Å². The number of unbranched alkanes of at least 4 members (excludes halogenated alkanes) is 1. The predicted octanol–water partition coefficient (Wildman–Crippen LogP) is 3.80. The van der Waals surface area contributed by atoms with Crippen molar-refractivity contribution in [3.05, 3.63) is 108 Å². The number of rotatable bonds is 14. The summed E-state index contributed by atoms with van der Waals surface area (Å²) in [6.07, 6.45) is -4.66. The lowest BCUT2D eigenvalue weighted by atomic mass is 9.95. The first kappa shape index (κ1) is 33.8. The van der Waals surface area contributed by atoms with E-state index in [4.69, 9.17) is 28.8 Å². The standard InChI is InChI=1S/C34H35NO11/c1-22(36)35-28-30(46-33(41)25-17-9-4-10-18-25)29(45-32(40)24-15-7-3-8-16-24)26(21-43-31(39)23-13-5-2-6-14-23)44-34(28)42-20-12-11-19-27(37)38/h2-10,13-18,26,28-30,34H,11-12,19-21H2,1H3,(H,35,36)(H,37,38)/t26-,28-,29+,30-,34-/m1/s1. The van der Waals surface area contributed by atoms with Gasteiger partial charge >= 0.3 is 23.9 Å². The van der Waals surface area contributed by atoms with Gasteiger partial charge in [0.25, 0.3) is 0 Å². The van der Waals surface area contributed by atoms with Crippen molar-refractivity contribution in [1.29, 1.82) is 0 Å². The van der Waals surface area contributed by atoms with Gasteiger partial charge in [0.2, 0.25) is 5.91 Å². The quantitative estimate of drug-likeness (QED) is 0.151. The van der Waals surface area contributed by atoms with E-state index in [1.807, 2.05) is 0 Å². The second-order valence-corrected chi connectivity index (χ2v) is 10.4. The largest absolute Gasteiger partial charge is 0.481 e. The Labute approximate surface area is 265 Å². The van der Waals surface area contributed by atoms with E-state index in [2.05, 4.69) is 5.32 Å². The van der Waals surface area contributed by atoms with Gasteiger partial charge in [0, 0.05) is 20.0 Å². The van der Waals surface area contributed by atoms with Crippen LogP contribution in [0.1, 0.15) is 57.3 Å². The van der Waals surface area contributed by atoms with Crippen LogP contribution >= 0.6 is 0 Å². The van der Waals surface area contributed by atoms with Crippen LogP contribution in [0.5, 0.6) is 0 Å². The van der Waals surface area contributed by atoms with Crippen molar-refractivity contribution in [3.8, 4) is 0 Å². The number of hydrogen-bond acceptors (Lipinski definition) is 10. The Morgan fingerprint density at radius 2 is 1.22 bits per heavy atom. The Morgan fingerprint density at radius 3 is 1.72 bits per heavy atom. The zero-order chi connectivity index (χ0) is 32.9. The molecule has 1 aliphatic rings. The Bertz CT molecular complexity index is 1470. The number of carboxylic acids is 1. The third kappa shape index (κ3) is 9.71. The van der Waals surface area contributed by atoms with E-state index in [1.54, 1.807) is 66.7 Å². The Morgan fingerprint density at radius 1 is 0.717 bits per heavy atom. The molecule has 2 N–H and O–H groups in total. The molecule has 1 saturated heterocycles. The Kier molecular flexibility index (Phi) is 12.4. The highest BCUT2D eigenvalue weighted by molar-refractivity contribution is 5.91. The number of carbonyl (C=O) groups is 5. The number of ether oxygens (including phenoxy) is 5. The van der Waals surface area contributed by atoms with Crippen molar-refractivity contribution in [2.24, 2.45) is 0 Å². The lowest BCUT2D eigenvalue weighted by Crippen LogP contribution is -2.66. The molecule has 1 aliphatic heterocycles. The zero-order valence-corrected chi connectivity index (χ0v) is 25.1. The molecule has 1 heterocycles. The number of hydrogen-bond donors (Lipinski definition) is 2. The topological polar surface area (TPSA) is 164 Å². The van der Waals surface area contributed by atoms with Gasteiger partial charge in [0.1, 0.15) is 18.8 Å². The van der Waals surface area contributed by atoms with Crippen LogP contribution in [0.2, 0.25) is 0 Å². The molecule has 3 aromatic carbocycles. The van der Waals surface area contributed by atoms with Crippen molar-refractivity contribution in [1.82, 2.24) is 5.32 Å². The molecule has 1 fully saturated rings. The van der Waals surface area contributed by atoms with Gasteiger partial charge < -0.3 is 34.1 Å². The lowest BCUT2D eigenvalue weighted by Gasteiger charge is -2.45. The van der Waals surface area contributed by atoms with Gasteiger partial charge in [0.05, 0.1) is 16.7 Å². The van der Waals surface area contributed by atoms with E-state index in [0.29, 0.717) is 12.8 Å². The molecule has 0 saturated carbocycles. The molecule has 0 aromatic heterocycles. The van der Waals surface area contributed by atoms with Crippen molar-refractivity contribution in [2.75, 3.05) is 13.2 Å². The maximum absolute atomic E-state index is 13.4. The number of carboxylic acid groups (broad SMARTS) is 1. The van der Waals surface area contributed by atoms with Crippen LogP contribution in [0.15, 0.2) is 91.0 Å². The fourth-order valence-electron chi connectivity index (χ4n) is 4.78. The van der Waals surface area contributed by atoms with Crippen LogP contribution in [-0.2, 0) is 33.3 Å². The highest BCUT2D eigenvalue weighted by Gasteiger charge is 2.52. The summed E-state index contributed by atoms with van der Waals surface area (Å²) in [6.45, 7) is 0.836. The number of esters is 3. The van der Waals surface area contributed by atoms with Crippen LogP contribution in [0.3, 0.4) is 0 Å². The molecule has 12 nitrogen and oxygen atoms in total. The molecular formula is C34H35NO11. The molecule has 1 amide bonds. The molecule has 3 aromatic rings. The summed E-state index contributed by atoms with van der Waals surface area (Å²) in [6, 6.07) is 23.2. The maximum atomic E-state index is 13.4. The number of nitrogens with one attached hydrogen (secondary N) is 1. The average Bonchev–Trinajstić information content (AvgIpc) is 3.06. The number of benzene rings is 3. The van der Waals surface area contributed by atoms with Crippen LogP contribution in [0, 0.1) is 0 Å². The van der Waals surface area contributed by atoms with E-state index in [1.165, 1.54) is 31.2 Å². The molecule has 5 atom stereocenters. The lowest BCUT2D eigenvalue weighted by molar-refractivity contribution is -0.269. The second kappa shape index (κ2) is 16.8.